The van der Waals surface area contributed by atoms with E-state index in [1.807, 2.05) is 48.5 Å². The van der Waals surface area contributed by atoms with Crippen molar-refractivity contribution in [3.8, 4) is 0 Å². The minimum Gasteiger partial charge on any atom is -0.333 e. The van der Waals surface area contributed by atoms with E-state index in [0.717, 1.165) is 48.0 Å². The van der Waals surface area contributed by atoms with Crippen LogP contribution in [-0.4, -0.2) is 21.6 Å². The maximum Gasteiger partial charge on any atom is 0.334 e. The SMILES string of the molecule is O=C(NCc1cccc(NC(=O)C2CCCCC2)c1)Nn1cnc2ccccc21. The number of nitrogens with one attached hydrogen (secondary N) is 3. The van der Waals surface area contributed by atoms with Crippen molar-refractivity contribution >= 4 is 28.7 Å². The van der Waals surface area contributed by atoms with Crippen LogP contribution in [0.2, 0.25) is 0 Å². The van der Waals surface area contributed by atoms with Crippen molar-refractivity contribution in [2.75, 3.05) is 10.7 Å². The van der Waals surface area contributed by atoms with Gasteiger partial charge in [-0.3, -0.25) is 4.79 Å². The number of fused-ring (bicyclic) bond motifs is 1. The lowest BCUT2D eigenvalue weighted by molar-refractivity contribution is -0.120. The lowest BCUT2D eigenvalue weighted by Crippen LogP contribution is -2.33. The molecule has 0 spiro atoms. The van der Waals surface area contributed by atoms with Crippen LogP contribution in [0.5, 0.6) is 0 Å². The molecule has 7 nitrogen and oxygen atoms in total. The highest BCUT2D eigenvalue weighted by molar-refractivity contribution is 5.92. The van der Waals surface area contributed by atoms with E-state index in [1.165, 1.54) is 6.42 Å². The van der Waals surface area contributed by atoms with E-state index in [4.69, 9.17) is 0 Å². The summed E-state index contributed by atoms with van der Waals surface area (Å²) in [6, 6.07) is 14.8. The van der Waals surface area contributed by atoms with Crippen LogP contribution < -0.4 is 16.1 Å². The van der Waals surface area contributed by atoms with E-state index in [9.17, 15) is 9.59 Å². The number of carbonyl (C=O) groups is 2. The number of para-hydroxylation sites is 2. The molecule has 3 amide bonds. The lowest BCUT2D eigenvalue weighted by atomic mass is 9.88. The predicted octanol–water partition coefficient (Wildman–Crippen LogP) is 4.01. The average Bonchev–Trinajstić information content (AvgIpc) is 3.16. The van der Waals surface area contributed by atoms with Gasteiger partial charge < -0.3 is 10.6 Å². The van der Waals surface area contributed by atoms with Crippen LogP contribution in [0.25, 0.3) is 11.0 Å². The summed E-state index contributed by atoms with van der Waals surface area (Å²) in [5, 5.41) is 5.85. The Balaban J connectivity index is 1.32. The lowest BCUT2D eigenvalue weighted by Gasteiger charge is -2.20. The summed E-state index contributed by atoms with van der Waals surface area (Å²) in [6.07, 6.45) is 6.99. The molecule has 1 saturated carbocycles. The zero-order valence-corrected chi connectivity index (χ0v) is 16.2. The molecule has 1 aliphatic rings. The zero-order chi connectivity index (χ0) is 20.1. The smallest absolute Gasteiger partial charge is 0.333 e. The normalized spacial score (nSPS) is 14.5. The number of anilines is 1. The third-order valence-electron chi connectivity index (χ3n) is 5.30. The Morgan fingerprint density at radius 2 is 1.86 bits per heavy atom. The van der Waals surface area contributed by atoms with Gasteiger partial charge in [0, 0.05) is 18.2 Å². The van der Waals surface area contributed by atoms with Gasteiger partial charge in [-0.15, -0.1) is 0 Å². The molecule has 1 fully saturated rings. The van der Waals surface area contributed by atoms with Gasteiger partial charge in [0.2, 0.25) is 5.91 Å². The number of imidazole rings is 1. The highest BCUT2D eigenvalue weighted by Gasteiger charge is 2.21. The van der Waals surface area contributed by atoms with E-state index in [0.29, 0.717) is 6.54 Å². The molecular weight excluding hydrogens is 366 g/mol. The van der Waals surface area contributed by atoms with Crippen molar-refractivity contribution in [3.05, 3.63) is 60.4 Å². The number of benzene rings is 2. The maximum atomic E-state index is 12.4. The van der Waals surface area contributed by atoms with Gasteiger partial charge in [0.05, 0.1) is 11.0 Å². The molecule has 150 valence electrons. The van der Waals surface area contributed by atoms with Crippen LogP contribution in [0, 0.1) is 5.92 Å². The minimum absolute atomic E-state index is 0.0968. The van der Waals surface area contributed by atoms with Crippen LogP contribution in [0.15, 0.2) is 54.9 Å². The third-order valence-corrected chi connectivity index (χ3v) is 5.30. The number of carbonyl (C=O) groups excluding carboxylic acids is 2. The average molecular weight is 391 g/mol. The summed E-state index contributed by atoms with van der Waals surface area (Å²) in [5.74, 6) is 0.209. The van der Waals surface area contributed by atoms with Crippen LogP contribution in [-0.2, 0) is 11.3 Å². The third kappa shape index (κ3) is 4.74. The second-order valence-electron chi connectivity index (χ2n) is 7.42. The second-order valence-corrected chi connectivity index (χ2v) is 7.42. The van der Waals surface area contributed by atoms with Crippen molar-refractivity contribution in [2.45, 2.75) is 38.6 Å². The Morgan fingerprint density at radius 1 is 1.03 bits per heavy atom. The first-order chi connectivity index (χ1) is 14.2. The number of hydrogen-bond acceptors (Lipinski definition) is 3. The standard InChI is InChI=1S/C22H25N5O2/c28-21(17-8-2-1-3-9-17)25-18-10-6-7-16(13-18)14-23-22(29)26-27-15-24-19-11-4-5-12-20(19)27/h4-7,10-13,15,17H,1-3,8-9,14H2,(H,25,28)(H2,23,26,29). The minimum atomic E-state index is -0.329. The molecule has 1 aliphatic carbocycles. The van der Waals surface area contributed by atoms with Crippen LogP contribution >= 0.6 is 0 Å². The van der Waals surface area contributed by atoms with E-state index in [1.54, 1.807) is 11.0 Å². The summed E-state index contributed by atoms with van der Waals surface area (Å²) in [4.78, 5) is 28.9. The Labute approximate surface area is 169 Å². The molecule has 4 rings (SSSR count). The summed E-state index contributed by atoms with van der Waals surface area (Å²) in [7, 11) is 0. The first kappa shape index (κ1) is 19.0. The van der Waals surface area contributed by atoms with Crippen LogP contribution in [0.4, 0.5) is 10.5 Å². The number of nitrogens with zero attached hydrogens (tertiary/aromatic N) is 2. The van der Waals surface area contributed by atoms with Gasteiger partial charge in [-0.2, -0.15) is 0 Å². The van der Waals surface area contributed by atoms with E-state index >= 15 is 0 Å². The molecule has 7 heteroatoms. The fraction of sp³-hybridized carbons (Fsp3) is 0.318. The summed E-state index contributed by atoms with van der Waals surface area (Å²) < 4.78 is 1.59. The first-order valence-electron chi connectivity index (χ1n) is 10.1. The monoisotopic (exact) mass is 391 g/mol. The second kappa shape index (κ2) is 8.77. The summed E-state index contributed by atoms with van der Waals surface area (Å²) >= 11 is 0. The van der Waals surface area contributed by atoms with Crippen molar-refractivity contribution in [3.63, 3.8) is 0 Å². The molecule has 0 unspecified atom stereocenters. The van der Waals surface area contributed by atoms with Gasteiger partial charge in [-0.1, -0.05) is 43.5 Å². The number of amides is 3. The van der Waals surface area contributed by atoms with Crippen molar-refractivity contribution < 1.29 is 9.59 Å². The fourth-order valence-corrected chi connectivity index (χ4v) is 3.75. The first-order valence-corrected chi connectivity index (χ1v) is 10.1. The Morgan fingerprint density at radius 3 is 2.72 bits per heavy atom. The molecule has 0 bridgehead atoms. The highest BCUT2D eigenvalue weighted by Crippen LogP contribution is 2.25. The Bertz CT molecular complexity index is 1010. The van der Waals surface area contributed by atoms with Gasteiger partial charge in [0.25, 0.3) is 0 Å². The zero-order valence-electron chi connectivity index (χ0n) is 16.2. The van der Waals surface area contributed by atoms with Gasteiger partial charge in [-0.05, 0) is 42.7 Å². The van der Waals surface area contributed by atoms with Gasteiger partial charge in [0.1, 0.15) is 6.33 Å². The largest absolute Gasteiger partial charge is 0.334 e. The Hall–Kier alpha value is -3.35. The van der Waals surface area contributed by atoms with Crippen molar-refractivity contribution in [1.29, 1.82) is 0 Å². The number of aromatic nitrogens is 2. The summed E-state index contributed by atoms with van der Waals surface area (Å²) in [5.41, 5.74) is 6.08. The fourth-order valence-electron chi connectivity index (χ4n) is 3.75. The van der Waals surface area contributed by atoms with Crippen molar-refractivity contribution in [2.24, 2.45) is 5.92 Å². The number of rotatable bonds is 5. The molecule has 1 heterocycles. The number of urea groups is 1. The predicted molar refractivity (Wildman–Crippen MR) is 113 cm³/mol. The Kier molecular flexibility index (Phi) is 5.74. The van der Waals surface area contributed by atoms with E-state index in [-0.39, 0.29) is 17.9 Å². The highest BCUT2D eigenvalue weighted by atomic mass is 16.2. The van der Waals surface area contributed by atoms with E-state index < -0.39 is 0 Å². The molecule has 2 aromatic carbocycles. The molecule has 3 aromatic rings. The maximum absolute atomic E-state index is 12.4. The summed E-state index contributed by atoms with van der Waals surface area (Å²) in [6.45, 7) is 0.353. The quantitative estimate of drug-likeness (QED) is 0.614. The molecule has 0 saturated heterocycles. The van der Waals surface area contributed by atoms with Gasteiger partial charge in [-0.25, -0.2) is 19.9 Å². The molecule has 29 heavy (non-hydrogen) atoms. The van der Waals surface area contributed by atoms with E-state index in [2.05, 4.69) is 21.0 Å². The van der Waals surface area contributed by atoms with Gasteiger partial charge in [0.15, 0.2) is 0 Å². The molecule has 3 N–H and O–H groups in total. The van der Waals surface area contributed by atoms with Crippen LogP contribution in [0.1, 0.15) is 37.7 Å². The topological polar surface area (TPSA) is 88.0 Å². The molecular formula is C22H25N5O2. The number of hydrogen-bond donors (Lipinski definition) is 3. The van der Waals surface area contributed by atoms with Gasteiger partial charge >= 0.3 is 6.03 Å². The van der Waals surface area contributed by atoms with Crippen molar-refractivity contribution in [1.82, 2.24) is 15.0 Å². The molecule has 0 radical (unpaired) electrons. The van der Waals surface area contributed by atoms with Crippen LogP contribution in [0.3, 0.4) is 0 Å². The molecule has 0 atom stereocenters. The molecule has 1 aromatic heterocycles. The molecule has 0 aliphatic heterocycles.